The van der Waals surface area contributed by atoms with Gasteiger partial charge >= 0.3 is 0 Å². The van der Waals surface area contributed by atoms with Crippen LogP contribution >= 0.6 is 0 Å². The number of hydrogen-bond acceptors (Lipinski definition) is 3. The second-order valence-electron chi connectivity index (χ2n) is 12.4. The predicted octanol–water partition coefficient (Wildman–Crippen LogP) is 5.06. The highest BCUT2D eigenvalue weighted by Crippen LogP contribution is 2.69. The maximum Gasteiger partial charge on any atom is 0.143 e. The molecule has 4 aliphatic carbocycles. The van der Waals surface area contributed by atoms with Crippen LogP contribution in [0.4, 0.5) is 0 Å². The number of aliphatic hydroxyl groups excluding tert-OH is 1. The molecule has 1 aliphatic heterocycles. The highest BCUT2D eigenvalue weighted by Gasteiger charge is 2.64. The summed E-state index contributed by atoms with van der Waals surface area (Å²) in [5.74, 6) is 3.00. The molecule has 0 spiro atoms. The van der Waals surface area contributed by atoms with Crippen LogP contribution in [-0.4, -0.2) is 41.5 Å². The van der Waals surface area contributed by atoms with Crippen molar-refractivity contribution < 1.29 is 9.90 Å². The van der Waals surface area contributed by atoms with Gasteiger partial charge < -0.3 is 10.0 Å². The van der Waals surface area contributed by atoms with E-state index in [-0.39, 0.29) is 22.9 Å². The third kappa shape index (κ3) is 3.00. The Bertz CT molecular complexity index is 657. The Morgan fingerprint density at radius 1 is 0.966 bits per heavy atom. The summed E-state index contributed by atoms with van der Waals surface area (Å²) >= 11 is 0. The minimum atomic E-state index is -0.0968. The van der Waals surface area contributed by atoms with Gasteiger partial charge in [0.15, 0.2) is 0 Å². The Labute approximate surface area is 178 Å². The summed E-state index contributed by atoms with van der Waals surface area (Å²) in [6.45, 7) is 10.8. The molecule has 5 rings (SSSR count). The molecule has 0 radical (unpaired) electrons. The first-order chi connectivity index (χ1) is 13.8. The molecule has 1 N–H and O–H groups in total. The number of fused-ring (bicyclic) bond motifs is 5. The third-order valence-corrected chi connectivity index (χ3v) is 11.1. The molecule has 4 saturated carbocycles. The van der Waals surface area contributed by atoms with E-state index < -0.39 is 0 Å². The second-order valence-corrected chi connectivity index (χ2v) is 12.4. The van der Waals surface area contributed by atoms with Crippen LogP contribution in [0.25, 0.3) is 0 Å². The van der Waals surface area contributed by atoms with Crippen LogP contribution < -0.4 is 0 Å². The summed E-state index contributed by atoms with van der Waals surface area (Å²) in [7, 11) is 0. The molecule has 0 aromatic heterocycles. The van der Waals surface area contributed by atoms with Gasteiger partial charge in [0.05, 0.1) is 6.10 Å². The fourth-order valence-electron chi connectivity index (χ4n) is 9.16. The molecule has 0 aromatic rings. The van der Waals surface area contributed by atoms with Gasteiger partial charge in [-0.3, -0.25) is 4.79 Å². The van der Waals surface area contributed by atoms with Crippen LogP contribution in [0.5, 0.6) is 0 Å². The van der Waals surface area contributed by atoms with Crippen LogP contribution in [0.15, 0.2) is 0 Å². The van der Waals surface area contributed by atoms with Crippen LogP contribution in [-0.2, 0) is 4.79 Å². The zero-order valence-electron chi connectivity index (χ0n) is 19.1. The molecule has 3 nitrogen and oxygen atoms in total. The topological polar surface area (TPSA) is 40.5 Å². The van der Waals surface area contributed by atoms with E-state index in [1.54, 1.807) is 0 Å². The Kier molecular flexibility index (Phi) is 4.98. The van der Waals surface area contributed by atoms with Gasteiger partial charge in [-0.25, -0.2) is 0 Å². The van der Waals surface area contributed by atoms with Gasteiger partial charge in [0.25, 0.3) is 0 Å². The zero-order valence-corrected chi connectivity index (χ0v) is 19.1. The first-order valence-corrected chi connectivity index (χ1v) is 12.7. The van der Waals surface area contributed by atoms with E-state index in [1.165, 1.54) is 58.0 Å². The van der Waals surface area contributed by atoms with Crippen molar-refractivity contribution in [3.05, 3.63) is 0 Å². The highest BCUT2D eigenvalue weighted by molar-refractivity contribution is 5.89. The Balaban J connectivity index is 1.37. The minimum Gasteiger partial charge on any atom is -0.393 e. The number of Topliss-reactive ketones (excluding diaryl/α,β-unsaturated/α-hetero) is 1. The SMILES string of the molecule is C[C@@]12CC[C@H]3[C@@H]4C[C@H](CN5CCCCC5)C(=O)[C@@]4(C)CC[C@@H]3[C@@]1(C)CC[C@@H](O)C2. The summed E-state index contributed by atoms with van der Waals surface area (Å²) in [6.07, 6.45) is 13.1. The molecular weight excluding hydrogens is 358 g/mol. The van der Waals surface area contributed by atoms with Crippen molar-refractivity contribution in [3.63, 3.8) is 0 Å². The average molecular weight is 402 g/mol. The van der Waals surface area contributed by atoms with Gasteiger partial charge in [-0.05, 0) is 106 Å². The molecule has 0 unspecified atom stereocenters. The van der Waals surface area contributed by atoms with E-state index in [4.69, 9.17) is 0 Å². The number of hydrogen-bond donors (Lipinski definition) is 1. The number of ketones is 1. The zero-order chi connectivity index (χ0) is 20.4. The molecule has 0 amide bonds. The van der Waals surface area contributed by atoms with E-state index in [2.05, 4.69) is 25.7 Å². The van der Waals surface area contributed by atoms with Crippen molar-refractivity contribution in [3.8, 4) is 0 Å². The van der Waals surface area contributed by atoms with Crippen LogP contribution in [0.3, 0.4) is 0 Å². The second kappa shape index (κ2) is 7.05. The molecule has 0 aromatic carbocycles. The number of piperidine rings is 1. The molecule has 29 heavy (non-hydrogen) atoms. The van der Waals surface area contributed by atoms with Crippen LogP contribution in [0.2, 0.25) is 0 Å². The smallest absolute Gasteiger partial charge is 0.143 e. The van der Waals surface area contributed by atoms with Crippen molar-refractivity contribution in [2.24, 2.45) is 39.9 Å². The number of nitrogens with zero attached hydrogens (tertiary/aromatic N) is 1. The van der Waals surface area contributed by atoms with E-state index in [9.17, 15) is 9.90 Å². The summed E-state index contributed by atoms with van der Waals surface area (Å²) in [5, 5.41) is 10.4. The van der Waals surface area contributed by atoms with Gasteiger partial charge in [-0.1, -0.05) is 27.2 Å². The van der Waals surface area contributed by atoms with E-state index in [0.29, 0.717) is 17.1 Å². The Morgan fingerprint density at radius 3 is 2.48 bits per heavy atom. The predicted molar refractivity (Wildman–Crippen MR) is 117 cm³/mol. The maximum absolute atomic E-state index is 13.6. The molecule has 0 bridgehead atoms. The van der Waals surface area contributed by atoms with Crippen LogP contribution in [0.1, 0.15) is 91.4 Å². The summed E-state index contributed by atoms with van der Waals surface area (Å²) in [6, 6.07) is 0. The number of carbonyl (C=O) groups excluding carboxylic acids is 1. The lowest BCUT2D eigenvalue weighted by molar-refractivity contribution is -0.169. The minimum absolute atomic E-state index is 0.0557. The summed E-state index contributed by atoms with van der Waals surface area (Å²) in [5.41, 5.74) is 0.583. The monoisotopic (exact) mass is 401 g/mol. The standard InChI is InChI=1S/C26H43NO2/c1-24-10-8-20-21(26(24,3)12-7-19(28)16-24)9-11-25(2)22(20)15-18(23(25)29)17-27-13-5-4-6-14-27/h18-22,28H,4-17H2,1-3H3/t18-,19-,20-,21+,22+,24+,25+,26-/m1/s1. The van der Waals surface area contributed by atoms with E-state index in [1.807, 2.05) is 0 Å². The van der Waals surface area contributed by atoms with Gasteiger partial charge in [-0.15, -0.1) is 0 Å². The summed E-state index contributed by atoms with van der Waals surface area (Å²) in [4.78, 5) is 16.2. The van der Waals surface area contributed by atoms with Crippen molar-refractivity contribution in [1.82, 2.24) is 4.90 Å². The quantitative estimate of drug-likeness (QED) is 0.703. The Morgan fingerprint density at radius 2 is 1.72 bits per heavy atom. The number of carbonyl (C=O) groups is 1. The maximum atomic E-state index is 13.6. The van der Waals surface area contributed by atoms with Crippen LogP contribution in [0, 0.1) is 39.9 Å². The fraction of sp³-hybridized carbons (Fsp3) is 0.962. The molecule has 5 aliphatic rings. The van der Waals surface area contributed by atoms with E-state index in [0.717, 1.165) is 44.1 Å². The lowest BCUT2D eigenvalue weighted by atomic mass is 9.40. The first kappa shape index (κ1) is 20.5. The first-order valence-electron chi connectivity index (χ1n) is 12.7. The number of likely N-dealkylation sites (tertiary alicyclic amines) is 1. The molecule has 164 valence electrons. The molecule has 1 saturated heterocycles. The van der Waals surface area contributed by atoms with E-state index >= 15 is 0 Å². The molecule has 3 heteroatoms. The molecule has 1 heterocycles. The lowest BCUT2D eigenvalue weighted by Crippen LogP contribution is -2.58. The van der Waals surface area contributed by atoms with Gasteiger partial charge in [0, 0.05) is 17.9 Å². The van der Waals surface area contributed by atoms with Gasteiger partial charge in [0.2, 0.25) is 0 Å². The molecular formula is C26H43NO2. The number of aliphatic hydroxyl groups is 1. The van der Waals surface area contributed by atoms with Crippen molar-refractivity contribution in [2.45, 2.75) is 97.5 Å². The largest absolute Gasteiger partial charge is 0.393 e. The average Bonchev–Trinajstić information content (AvgIpc) is 2.95. The van der Waals surface area contributed by atoms with Gasteiger partial charge in [-0.2, -0.15) is 0 Å². The Hall–Kier alpha value is -0.410. The van der Waals surface area contributed by atoms with Crippen molar-refractivity contribution >= 4 is 5.78 Å². The highest BCUT2D eigenvalue weighted by atomic mass is 16.3. The molecule has 5 fully saturated rings. The van der Waals surface area contributed by atoms with Gasteiger partial charge in [0.1, 0.15) is 5.78 Å². The summed E-state index contributed by atoms with van der Waals surface area (Å²) < 4.78 is 0. The third-order valence-electron chi connectivity index (χ3n) is 11.1. The number of rotatable bonds is 2. The van der Waals surface area contributed by atoms with Crippen molar-refractivity contribution in [2.75, 3.05) is 19.6 Å². The fourth-order valence-corrected chi connectivity index (χ4v) is 9.16. The normalized spacial score (nSPS) is 53.2. The van der Waals surface area contributed by atoms with Crippen molar-refractivity contribution in [1.29, 1.82) is 0 Å². The molecule has 8 atom stereocenters. The lowest BCUT2D eigenvalue weighted by Gasteiger charge is -2.64.